The van der Waals surface area contributed by atoms with Crippen molar-refractivity contribution in [3.8, 4) is 0 Å². The number of benzene rings is 3. The molecule has 0 aliphatic rings. The van der Waals surface area contributed by atoms with Gasteiger partial charge in [0.1, 0.15) is 12.6 Å². The van der Waals surface area contributed by atoms with Gasteiger partial charge in [-0.15, -0.1) is 0 Å². The van der Waals surface area contributed by atoms with Crippen molar-refractivity contribution in [2.75, 3.05) is 17.9 Å². The standard InChI is InChI=1S/C26H26Cl3N3O4S/c1-17-5-4-6-21(13-17)32(37(35,36)22-10-8-20(27)9-11-22)16-25(33)31(18(2)26(34)30-3)15-19-7-12-23(28)24(29)14-19/h4-14,18H,15-16H2,1-3H3,(H,30,34)/t18-/m1/s1. The number of amides is 2. The minimum atomic E-state index is -4.16. The molecule has 0 saturated heterocycles. The molecule has 0 unspecified atom stereocenters. The summed E-state index contributed by atoms with van der Waals surface area (Å²) in [6.45, 7) is 2.85. The predicted molar refractivity (Wildman–Crippen MR) is 148 cm³/mol. The number of hydrogen-bond donors (Lipinski definition) is 1. The summed E-state index contributed by atoms with van der Waals surface area (Å²) in [6, 6.07) is 16.5. The lowest BCUT2D eigenvalue weighted by atomic mass is 10.1. The summed E-state index contributed by atoms with van der Waals surface area (Å²) in [5.74, 6) is -0.989. The van der Waals surface area contributed by atoms with E-state index in [2.05, 4.69) is 5.32 Å². The quantitative estimate of drug-likeness (QED) is 0.370. The van der Waals surface area contributed by atoms with E-state index in [1.54, 1.807) is 43.3 Å². The smallest absolute Gasteiger partial charge is 0.264 e. The van der Waals surface area contributed by atoms with Crippen LogP contribution in [0.5, 0.6) is 0 Å². The van der Waals surface area contributed by atoms with Crippen LogP contribution in [0, 0.1) is 6.92 Å². The van der Waals surface area contributed by atoms with E-state index < -0.39 is 34.4 Å². The fourth-order valence-corrected chi connectivity index (χ4v) is 5.52. The lowest BCUT2D eigenvalue weighted by Crippen LogP contribution is -2.50. The third kappa shape index (κ3) is 6.96. The largest absolute Gasteiger partial charge is 0.357 e. The normalized spacial score (nSPS) is 12.1. The lowest BCUT2D eigenvalue weighted by Gasteiger charge is -2.32. The van der Waals surface area contributed by atoms with Gasteiger partial charge in [-0.3, -0.25) is 13.9 Å². The first-order valence-corrected chi connectivity index (χ1v) is 13.8. The Hall–Kier alpha value is -2.78. The van der Waals surface area contributed by atoms with Crippen LogP contribution in [0.1, 0.15) is 18.1 Å². The molecule has 3 rings (SSSR count). The maximum Gasteiger partial charge on any atom is 0.264 e. The molecule has 0 radical (unpaired) electrons. The number of halogens is 3. The molecule has 3 aromatic rings. The molecule has 37 heavy (non-hydrogen) atoms. The maximum absolute atomic E-state index is 13.7. The minimum Gasteiger partial charge on any atom is -0.357 e. The molecular formula is C26H26Cl3N3O4S. The van der Waals surface area contributed by atoms with Crippen molar-refractivity contribution in [2.24, 2.45) is 0 Å². The molecule has 0 aliphatic heterocycles. The third-order valence-corrected chi connectivity index (χ3v) is 8.50. The molecule has 1 N–H and O–H groups in total. The van der Waals surface area contributed by atoms with Gasteiger partial charge < -0.3 is 10.2 Å². The average molecular weight is 583 g/mol. The van der Waals surface area contributed by atoms with E-state index in [1.807, 2.05) is 13.0 Å². The molecule has 3 aromatic carbocycles. The van der Waals surface area contributed by atoms with Crippen LogP contribution in [0.25, 0.3) is 0 Å². The summed E-state index contributed by atoms with van der Waals surface area (Å²) in [6.07, 6.45) is 0. The third-order valence-electron chi connectivity index (χ3n) is 5.72. The van der Waals surface area contributed by atoms with Crippen molar-refractivity contribution in [1.29, 1.82) is 0 Å². The Morgan fingerprint density at radius 2 is 1.62 bits per heavy atom. The van der Waals surface area contributed by atoms with Crippen LogP contribution >= 0.6 is 34.8 Å². The number of nitrogens with zero attached hydrogens (tertiary/aromatic N) is 2. The highest BCUT2D eigenvalue weighted by Crippen LogP contribution is 2.27. The van der Waals surface area contributed by atoms with Crippen LogP contribution in [0.4, 0.5) is 5.69 Å². The molecule has 11 heteroatoms. The van der Waals surface area contributed by atoms with Crippen LogP contribution in [-0.2, 0) is 26.2 Å². The number of likely N-dealkylation sites (N-methyl/N-ethyl adjacent to an activating group) is 1. The van der Waals surface area contributed by atoms with E-state index in [9.17, 15) is 18.0 Å². The van der Waals surface area contributed by atoms with Gasteiger partial charge in [0.25, 0.3) is 10.0 Å². The Balaban J connectivity index is 2.04. The van der Waals surface area contributed by atoms with Gasteiger partial charge in [0.05, 0.1) is 20.6 Å². The molecule has 0 bridgehead atoms. The first kappa shape index (κ1) is 28.8. The summed E-state index contributed by atoms with van der Waals surface area (Å²) >= 11 is 18.1. The second kappa shape index (κ2) is 12.2. The highest BCUT2D eigenvalue weighted by atomic mass is 35.5. The van der Waals surface area contributed by atoms with Gasteiger partial charge in [-0.25, -0.2) is 8.42 Å². The maximum atomic E-state index is 13.7. The van der Waals surface area contributed by atoms with Gasteiger partial charge in [-0.05, 0) is 73.5 Å². The number of anilines is 1. The van der Waals surface area contributed by atoms with Crippen molar-refractivity contribution < 1.29 is 18.0 Å². The van der Waals surface area contributed by atoms with Gasteiger partial charge in [-0.1, -0.05) is 53.0 Å². The Bertz CT molecular complexity index is 1400. The topological polar surface area (TPSA) is 86.8 Å². The SMILES string of the molecule is CNC(=O)[C@@H](C)N(Cc1ccc(Cl)c(Cl)c1)C(=O)CN(c1cccc(C)c1)S(=O)(=O)c1ccc(Cl)cc1. The second-order valence-corrected chi connectivity index (χ2v) is 11.5. The molecule has 0 aromatic heterocycles. The number of carbonyl (C=O) groups is 2. The Morgan fingerprint density at radius 1 is 0.946 bits per heavy atom. The zero-order valence-corrected chi connectivity index (χ0v) is 23.5. The monoisotopic (exact) mass is 581 g/mol. The van der Waals surface area contributed by atoms with Gasteiger partial charge in [0.15, 0.2) is 0 Å². The first-order chi connectivity index (χ1) is 17.4. The number of aryl methyl sites for hydroxylation is 1. The first-order valence-electron chi connectivity index (χ1n) is 11.2. The van der Waals surface area contributed by atoms with Gasteiger partial charge in [-0.2, -0.15) is 0 Å². The van der Waals surface area contributed by atoms with Gasteiger partial charge in [0, 0.05) is 18.6 Å². The van der Waals surface area contributed by atoms with E-state index in [1.165, 1.54) is 36.2 Å². The molecule has 0 fully saturated rings. The molecule has 0 heterocycles. The molecule has 196 valence electrons. The van der Waals surface area contributed by atoms with E-state index in [-0.39, 0.29) is 11.4 Å². The van der Waals surface area contributed by atoms with Gasteiger partial charge in [0.2, 0.25) is 11.8 Å². The second-order valence-electron chi connectivity index (χ2n) is 8.36. The van der Waals surface area contributed by atoms with Crippen molar-refractivity contribution in [1.82, 2.24) is 10.2 Å². The zero-order chi connectivity index (χ0) is 27.3. The summed E-state index contributed by atoms with van der Waals surface area (Å²) < 4.78 is 28.5. The highest BCUT2D eigenvalue weighted by Gasteiger charge is 2.32. The van der Waals surface area contributed by atoms with E-state index >= 15 is 0 Å². The van der Waals surface area contributed by atoms with Crippen molar-refractivity contribution >= 4 is 62.3 Å². The average Bonchev–Trinajstić information content (AvgIpc) is 2.87. The van der Waals surface area contributed by atoms with Crippen molar-refractivity contribution in [3.63, 3.8) is 0 Å². The zero-order valence-electron chi connectivity index (χ0n) is 20.4. The molecule has 0 aliphatic carbocycles. The van der Waals surface area contributed by atoms with Crippen LogP contribution in [-0.4, -0.2) is 44.8 Å². The molecule has 7 nitrogen and oxygen atoms in total. The van der Waals surface area contributed by atoms with Crippen molar-refractivity contribution in [2.45, 2.75) is 31.3 Å². The Morgan fingerprint density at radius 3 is 2.22 bits per heavy atom. The molecule has 1 atom stereocenters. The van der Waals surface area contributed by atoms with E-state index in [0.717, 1.165) is 9.87 Å². The summed E-state index contributed by atoms with van der Waals surface area (Å²) in [5, 5.41) is 3.56. The number of rotatable bonds is 9. The molecular weight excluding hydrogens is 557 g/mol. The fraction of sp³-hybridized carbons (Fsp3) is 0.231. The van der Waals surface area contributed by atoms with E-state index in [4.69, 9.17) is 34.8 Å². The lowest BCUT2D eigenvalue weighted by molar-refractivity contribution is -0.139. The number of hydrogen-bond acceptors (Lipinski definition) is 4. The summed E-state index contributed by atoms with van der Waals surface area (Å²) in [4.78, 5) is 27.5. The Labute approximate surface area is 232 Å². The fourth-order valence-electron chi connectivity index (χ4n) is 3.67. The minimum absolute atomic E-state index is 0.00690. The van der Waals surface area contributed by atoms with Crippen LogP contribution < -0.4 is 9.62 Å². The highest BCUT2D eigenvalue weighted by molar-refractivity contribution is 7.92. The van der Waals surface area contributed by atoms with Crippen LogP contribution in [0.3, 0.4) is 0 Å². The summed E-state index contributed by atoms with van der Waals surface area (Å²) in [7, 11) is -2.70. The van der Waals surface area contributed by atoms with E-state index in [0.29, 0.717) is 26.3 Å². The van der Waals surface area contributed by atoms with Gasteiger partial charge >= 0.3 is 0 Å². The van der Waals surface area contributed by atoms with Crippen LogP contribution in [0.2, 0.25) is 15.1 Å². The predicted octanol–water partition coefficient (Wildman–Crippen LogP) is 5.31. The molecule has 0 saturated carbocycles. The number of sulfonamides is 1. The molecule has 2 amide bonds. The van der Waals surface area contributed by atoms with Crippen molar-refractivity contribution in [3.05, 3.63) is 92.9 Å². The van der Waals surface area contributed by atoms with Crippen LogP contribution in [0.15, 0.2) is 71.6 Å². The Kier molecular flexibility index (Phi) is 9.47. The summed E-state index contributed by atoms with van der Waals surface area (Å²) in [5.41, 5.74) is 1.75. The molecule has 0 spiro atoms. The number of nitrogens with one attached hydrogen (secondary N) is 1. The number of carbonyl (C=O) groups excluding carboxylic acids is 2.